The van der Waals surface area contributed by atoms with Crippen LogP contribution in [-0.2, 0) is 15.0 Å². The molecule has 1 aromatic rings. The van der Waals surface area contributed by atoms with Crippen molar-refractivity contribution in [1.29, 1.82) is 0 Å². The highest BCUT2D eigenvalue weighted by molar-refractivity contribution is 5.92. The van der Waals surface area contributed by atoms with Crippen molar-refractivity contribution in [3.8, 4) is 0 Å². The normalized spacial score (nSPS) is 23.6. The lowest BCUT2D eigenvalue weighted by atomic mass is 9.93. The number of rotatable bonds is 4. The summed E-state index contributed by atoms with van der Waals surface area (Å²) >= 11 is 0. The van der Waals surface area contributed by atoms with Gasteiger partial charge in [-0.3, -0.25) is 9.59 Å². The van der Waals surface area contributed by atoms with Gasteiger partial charge in [0.15, 0.2) is 0 Å². The van der Waals surface area contributed by atoms with Crippen LogP contribution >= 0.6 is 0 Å². The first-order chi connectivity index (χ1) is 9.63. The number of ketones is 1. The lowest BCUT2D eigenvalue weighted by Gasteiger charge is -2.28. The summed E-state index contributed by atoms with van der Waals surface area (Å²) < 4.78 is 0. The summed E-state index contributed by atoms with van der Waals surface area (Å²) in [5, 5.41) is 0. The molecule has 1 saturated heterocycles. The number of nitrogens with zero attached hydrogens (tertiary/aromatic N) is 1. The van der Waals surface area contributed by atoms with Gasteiger partial charge in [-0.05, 0) is 38.2 Å². The third-order valence-electron chi connectivity index (χ3n) is 4.65. The van der Waals surface area contributed by atoms with Gasteiger partial charge >= 0.3 is 0 Å². The molecule has 1 saturated carbocycles. The van der Waals surface area contributed by atoms with Gasteiger partial charge in [0.25, 0.3) is 0 Å². The summed E-state index contributed by atoms with van der Waals surface area (Å²) in [4.78, 5) is 26.3. The largest absolute Gasteiger partial charge is 0.338 e. The molecule has 3 nitrogen and oxygen atoms in total. The van der Waals surface area contributed by atoms with Crippen LogP contribution in [0, 0.1) is 0 Å². The number of amides is 1. The van der Waals surface area contributed by atoms with Crippen LogP contribution in [0.25, 0.3) is 0 Å². The van der Waals surface area contributed by atoms with Gasteiger partial charge in [-0.2, -0.15) is 0 Å². The zero-order chi connectivity index (χ0) is 14.2. The Labute approximate surface area is 120 Å². The Morgan fingerprint density at radius 3 is 2.55 bits per heavy atom. The van der Waals surface area contributed by atoms with Gasteiger partial charge in [-0.25, -0.2) is 0 Å². The van der Waals surface area contributed by atoms with Crippen LogP contribution in [0.4, 0.5) is 0 Å². The molecule has 1 atom stereocenters. The van der Waals surface area contributed by atoms with Gasteiger partial charge in [-0.1, -0.05) is 30.3 Å². The summed E-state index contributed by atoms with van der Waals surface area (Å²) in [6.45, 7) is 2.43. The summed E-state index contributed by atoms with van der Waals surface area (Å²) in [7, 11) is 0. The molecule has 0 radical (unpaired) electrons. The minimum absolute atomic E-state index is 0.126. The molecule has 106 valence electrons. The van der Waals surface area contributed by atoms with E-state index in [0.29, 0.717) is 6.42 Å². The first-order valence-corrected chi connectivity index (χ1v) is 7.49. The van der Waals surface area contributed by atoms with Crippen molar-refractivity contribution < 1.29 is 9.59 Å². The van der Waals surface area contributed by atoms with Gasteiger partial charge < -0.3 is 4.90 Å². The van der Waals surface area contributed by atoms with Gasteiger partial charge in [0.05, 0.1) is 5.41 Å². The minimum Gasteiger partial charge on any atom is -0.338 e. The zero-order valence-electron chi connectivity index (χ0n) is 12.0. The van der Waals surface area contributed by atoms with Crippen molar-refractivity contribution in [3.63, 3.8) is 0 Å². The quantitative estimate of drug-likeness (QED) is 0.844. The van der Waals surface area contributed by atoms with Crippen molar-refractivity contribution in [2.24, 2.45) is 0 Å². The SMILES string of the molecule is CC(=O)CC1CCCN1C(=O)C1(c2ccccc2)CC1. The smallest absolute Gasteiger partial charge is 0.233 e. The average Bonchev–Trinajstić information content (AvgIpc) is 3.14. The van der Waals surface area contributed by atoms with E-state index in [-0.39, 0.29) is 23.1 Å². The molecule has 0 spiro atoms. The fourth-order valence-electron chi connectivity index (χ4n) is 3.43. The second-order valence-electron chi connectivity index (χ2n) is 6.15. The molecule has 1 aliphatic heterocycles. The Morgan fingerprint density at radius 1 is 1.25 bits per heavy atom. The number of hydrogen-bond acceptors (Lipinski definition) is 2. The molecule has 1 aromatic carbocycles. The van der Waals surface area contributed by atoms with Crippen LogP contribution < -0.4 is 0 Å². The molecule has 1 aliphatic carbocycles. The molecule has 1 heterocycles. The molecule has 1 amide bonds. The van der Waals surface area contributed by atoms with Crippen molar-refractivity contribution >= 4 is 11.7 Å². The van der Waals surface area contributed by atoms with Crippen molar-refractivity contribution in [3.05, 3.63) is 35.9 Å². The van der Waals surface area contributed by atoms with Crippen LogP contribution in [0.3, 0.4) is 0 Å². The molecule has 0 aromatic heterocycles. The number of likely N-dealkylation sites (tertiary alicyclic amines) is 1. The number of Topliss-reactive ketones (excluding diaryl/α,β-unsaturated/α-hetero) is 1. The monoisotopic (exact) mass is 271 g/mol. The number of hydrogen-bond donors (Lipinski definition) is 0. The van der Waals surface area contributed by atoms with Gasteiger partial charge in [0, 0.05) is 19.0 Å². The molecule has 3 heteroatoms. The maximum atomic E-state index is 12.9. The van der Waals surface area contributed by atoms with Crippen LogP contribution in [0.2, 0.25) is 0 Å². The summed E-state index contributed by atoms with van der Waals surface area (Å²) in [6.07, 6.45) is 4.39. The Morgan fingerprint density at radius 2 is 1.95 bits per heavy atom. The van der Waals surface area contributed by atoms with Crippen LogP contribution in [0.1, 0.15) is 44.6 Å². The van der Waals surface area contributed by atoms with E-state index in [1.165, 1.54) is 0 Å². The van der Waals surface area contributed by atoms with Gasteiger partial charge in [0.1, 0.15) is 5.78 Å². The van der Waals surface area contributed by atoms with Crippen molar-refractivity contribution in [2.45, 2.75) is 50.5 Å². The van der Waals surface area contributed by atoms with Crippen molar-refractivity contribution in [2.75, 3.05) is 6.54 Å². The maximum absolute atomic E-state index is 12.9. The molecule has 2 aliphatic rings. The van der Waals surface area contributed by atoms with Crippen LogP contribution in [0.5, 0.6) is 0 Å². The van der Waals surface area contributed by atoms with E-state index in [1.54, 1.807) is 6.92 Å². The van der Waals surface area contributed by atoms with E-state index >= 15 is 0 Å². The lowest BCUT2D eigenvalue weighted by molar-refractivity contribution is -0.135. The molecule has 0 bridgehead atoms. The molecular formula is C17H21NO2. The topological polar surface area (TPSA) is 37.4 Å². The molecule has 20 heavy (non-hydrogen) atoms. The van der Waals surface area contributed by atoms with E-state index in [4.69, 9.17) is 0 Å². The molecule has 3 rings (SSSR count). The number of carbonyl (C=O) groups is 2. The third-order valence-corrected chi connectivity index (χ3v) is 4.65. The Kier molecular flexibility index (Phi) is 3.36. The number of carbonyl (C=O) groups excluding carboxylic acids is 2. The van der Waals surface area contributed by atoms with Crippen LogP contribution in [-0.4, -0.2) is 29.2 Å². The first kappa shape index (κ1) is 13.3. The molecular weight excluding hydrogens is 250 g/mol. The average molecular weight is 271 g/mol. The Balaban J connectivity index is 1.80. The second-order valence-corrected chi connectivity index (χ2v) is 6.15. The van der Waals surface area contributed by atoms with E-state index in [2.05, 4.69) is 12.1 Å². The molecule has 1 unspecified atom stereocenters. The van der Waals surface area contributed by atoms with Gasteiger partial charge in [-0.15, -0.1) is 0 Å². The van der Waals surface area contributed by atoms with E-state index < -0.39 is 0 Å². The first-order valence-electron chi connectivity index (χ1n) is 7.49. The molecule has 2 fully saturated rings. The summed E-state index contributed by atoms with van der Waals surface area (Å²) in [5.41, 5.74) is 0.846. The fraction of sp³-hybridized carbons (Fsp3) is 0.529. The maximum Gasteiger partial charge on any atom is 0.233 e. The number of benzene rings is 1. The van der Waals surface area contributed by atoms with E-state index in [9.17, 15) is 9.59 Å². The Hall–Kier alpha value is -1.64. The lowest BCUT2D eigenvalue weighted by Crippen LogP contribution is -2.42. The third kappa shape index (κ3) is 2.26. The predicted octanol–water partition coefficient (Wildman–Crippen LogP) is 2.69. The highest BCUT2D eigenvalue weighted by Crippen LogP contribution is 2.50. The highest BCUT2D eigenvalue weighted by Gasteiger charge is 2.54. The highest BCUT2D eigenvalue weighted by atomic mass is 16.2. The Bertz CT molecular complexity index is 519. The van der Waals surface area contributed by atoms with Crippen LogP contribution in [0.15, 0.2) is 30.3 Å². The molecule has 0 N–H and O–H groups in total. The standard InChI is InChI=1S/C17H21NO2/c1-13(19)12-15-8-5-11-18(15)16(20)17(9-10-17)14-6-3-2-4-7-14/h2-4,6-7,15H,5,8-12H2,1H3. The van der Waals surface area contributed by atoms with Gasteiger partial charge in [0.2, 0.25) is 5.91 Å². The van der Waals surface area contributed by atoms with E-state index in [1.807, 2.05) is 23.1 Å². The summed E-state index contributed by atoms with van der Waals surface area (Å²) in [6, 6.07) is 10.2. The second kappa shape index (κ2) is 5.04. The zero-order valence-corrected chi connectivity index (χ0v) is 12.0. The van der Waals surface area contributed by atoms with Crippen molar-refractivity contribution in [1.82, 2.24) is 4.90 Å². The summed E-state index contributed by atoms with van der Waals surface area (Å²) in [5.74, 6) is 0.423. The fourth-order valence-corrected chi connectivity index (χ4v) is 3.43. The van der Waals surface area contributed by atoms with E-state index in [0.717, 1.165) is 37.8 Å². The predicted molar refractivity (Wildman–Crippen MR) is 77.4 cm³/mol. The minimum atomic E-state index is -0.291.